The van der Waals surface area contributed by atoms with Crippen LogP contribution < -0.4 is 20.4 Å². The number of rotatable bonds is 22. The van der Waals surface area contributed by atoms with Crippen molar-refractivity contribution in [2.45, 2.75) is 117 Å². The fourth-order valence-electron chi connectivity index (χ4n) is 5.46. The summed E-state index contributed by atoms with van der Waals surface area (Å²) in [7, 11) is 0. The van der Waals surface area contributed by atoms with Crippen LogP contribution in [0.15, 0.2) is 42.5 Å². The minimum atomic E-state index is -1.60. The number of urea groups is 1. The standard InChI is InChI=1S/C38H56ClN5O3S/c1-6-10-12-13-14-15-16-17-18-19-27-47-35(45)30-20-25-33(39)34(28-30)42-36(48)38(5,29-40)44(37(46)41-26-11-7-2)32-23-21-31(22-24-32)43(8-3)9-4/h20-25,28H,6-19,26-27H2,1-5H3,(H,41,46)(H,42,48). The fraction of sp³-hybridized carbons (Fsp3) is 0.579. The Bertz CT molecular complexity index is 1330. The maximum atomic E-state index is 13.6. The second kappa shape index (κ2) is 22.3. The van der Waals surface area contributed by atoms with Crippen molar-refractivity contribution in [2.75, 3.05) is 41.4 Å². The van der Waals surface area contributed by atoms with Gasteiger partial charge in [-0.15, -0.1) is 0 Å². The number of amides is 2. The van der Waals surface area contributed by atoms with Gasteiger partial charge in [0.2, 0.25) is 0 Å². The molecule has 0 spiro atoms. The molecule has 8 nitrogen and oxygen atoms in total. The lowest BCUT2D eigenvalue weighted by molar-refractivity contribution is 0.0497. The van der Waals surface area contributed by atoms with Gasteiger partial charge in [0.15, 0.2) is 5.54 Å². The number of halogens is 1. The van der Waals surface area contributed by atoms with Gasteiger partial charge in [-0.05, 0) is 76.1 Å². The van der Waals surface area contributed by atoms with Gasteiger partial charge in [0.25, 0.3) is 0 Å². The van der Waals surface area contributed by atoms with Gasteiger partial charge in [0, 0.05) is 31.0 Å². The van der Waals surface area contributed by atoms with Crippen molar-refractivity contribution in [3.8, 4) is 6.07 Å². The molecule has 2 N–H and O–H groups in total. The Morgan fingerprint density at radius 2 is 1.42 bits per heavy atom. The van der Waals surface area contributed by atoms with Gasteiger partial charge < -0.3 is 20.3 Å². The molecule has 264 valence electrons. The summed E-state index contributed by atoms with van der Waals surface area (Å²) in [6.07, 6.45) is 13.7. The number of hydrogen-bond acceptors (Lipinski definition) is 6. The molecule has 1 atom stereocenters. The maximum absolute atomic E-state index is 13.6. The highest BCUT2D eigenvalue weighted by Gasteiger charge is 2.41. The van der Waals surface area contributed by atoms with Crippen LogP contribution in [0.2, 0.25) is 5.02 Å². The number of nitrogens with zero attached hydrogens (tertiary/aromatic N) is 3. The molecular formula is C38H56ClN5O3S. The Morgan fingerprint density at radius 1 is 0.854 bits per heavy atom. The molecule has 0 aromatic heterocycles. The zero-order chi connectivity index (χ0) is 35.4. The lowest BCUT2D eigenvalue weighted by atomic mass is 10.00. The highest BCUT2D eigenvalue weighted by molar-refractivity contribution is 7.80. The van der Waals surface area contributed by atoms with Crippen molar-refractivity contribution in [1.82, 2.24) is 5.32 Å². The van der Waals surface area contributed by atoms with Gasteiger partial charge in [-0.1, -0.05) is 102 Å². The van der Waals surface area contributed by atoms with E-state index in [0.29, 0.717) is 35.1 Å². The Morgan fingerprint density at radius 3 is 1.98 bits per heavy atom. The number of carbonyl (C=O) groups excluding carboxylic acids is 2. The molecule has 2 rings (SSSR count). The van der Waals surface area contributed by atoms with E-state index in [1.165, 1.54) is 49.8 Å². The average Bonchev–Trinajstić information content (AvgIpc) is 3.09. The lowest BCUT2D eigenvalue weighted by Crippen LogP contribution is -2.59. The summed E-state index contributed by atoms with van der Waals surface area (Å²) in [6.45, 7) is 12.5. The fourth-order valence-corrected chi connectivity index (χ4v) is 5.87. The molecule has 0 radical (unpaired) electrons. The van der Waals surface area contributed by atoms with Crippen LogP contribution in [-0.4, -0.2) is 48.8 Å². The smallest absolute Gasteiger partial charge is 0.338 e. The topological polar surface area (TPSA) is 97.7 Å². The minimum Gasteiger partial charge on any atom is -0.462 e. The Hall–Kier alpha value is -3.35. The van der Waals surface area contributed by atoms with Crippen molar-refractivity contribution in [2.24, 2.45) is 0 Å². The molecule has 0 aliphatic rings. The second-order valence-corrected chi connectivity index (χ2v) is 13.1. The van der Waals surface area contributed by atoms with Gasteiger partial charge in [-0.3, -0.25) is 4.90 Å². The average molecular weight is 698 g/mol. The zero-order valence-electron chi connectivity index (χ0n) is 29.7. The van der Waals surface area contributed by atoms with E-state index in [4.69, 9.17) is 28.6 Å². The number of benzene rings is 2. The first-order valence-electron chi connectivity index (χ1n) is 17.8. The number of esters is 1. The van der Waals surface area contributed by atoms with Crippen LogP contribution in [0, 0.1) is 11.3 Å². The van der Waals surface area contributed by atoms with Crippen molar-refractivity contribution in [3.63, 3.8) is 0 Å². The third-order valence-corrected chi connectivity index (χ3v) is 9.36. The van der Waals surface area contributed by atoms with E-state index in [1.54, 1.807) is 25.1 Å². The van der Waals surface area contributed by atoms with Gasteiger partial charge in [0.1, 0.15) is 4.99 Å². The Balaban J connectivity index is 2.13. The summed E-state index contributed by atoms with van der Waals surface area (Å²) >= 11 is 12.3. The molecule has 2 aromatic carbocycles. The molecule has 0 aliphatic carbocycles. The molecule has 2 aromatic rings. The van der Waals surface area contributed by atoms with Crippen LogP contribution in [0.4, 0.5) is 21.9 Å². The number of nitrogens with one attached hydrogen (secondary N) is 2. The van der Waals surface area contributed by atoms with E-state index in [9.17, 15) is 14.9 Å². The Kier molecular flexibility index (Phi) is 19.0. The molecule has 2 amide bonds. The maximum Gasteiger partial charge on any atom is 0.338 e. The number of hydrogen-bond donors (Lipinski definition) is 2. The van der Waals surface area contributed by atoms with E-state index in [2.05, 4.69) is 42.4 Å². The molecular weight excluding hydrogens is 642 g/mol. The summed E-state index contributed by atoms with van der Waals surface area (Å²) in [6, 6.07) is 14.1. The molecule has 0 bridgehead atoms. The third kappa shape index (κ3) is 12.6. The monoisotopic (exact) mass is 697 g/mol. The number of ether oxygens (including phenoxy) is 1. The first-order chi connectivity index (χ1) is 23.2. The van der Waals surface area contributed by atoms with Gasteiger partial charge in [0.05, 0.1) is 28.9 Å². The van der Waals surface area contributed by atoms with Gasteiger partial charge in [-0.25, -0.2) is 9.59 Å². The van der Waals surface area contributed by atoms with Crippen LogP contribution in [0.5, 0.6) is 0 Å². The SMILES string of the molecule is CCCCCCCCCCCCOC(=O)c1ccc(Cl)c(NC(=S)C(C)(C#N)N(C(=O)NCCCC)c2ccc(N(CC)CC)cc2)c1. The van der Waals surface area contributed by atoms with Crippen LogP contribution in [0.1, 0.15) is 122 Å². The third-order valence-electron chi connectivity index (χ3n) is 8.53. The summed E-state index contributed by atoms with van der Waals surface area (Å²) < 4.78 is 5.55. The van der Waals surface area contributed by atoms with Gasteiger partial charge in [-0.2, -0.15) is 5.26 Å². The predicted molar refractivity (Wildman–Crippen MR) is 205 cm³/mol. The van der Waals surface area contributed by atoms with Crippen molar-refractivity contribution < 1.29 is 14.3 Å². The number of unbranched alkanes of at least 4 members (excludes halogenated alkanes) is 10. The highest BCUT2D eigenvalue weighted by atomic mass is 35.5. The molecule has 0 aliphatic heterocycles. The predicted octanol–water partition coefficient (Wildman–Crippen LogP) is 10.3. The minimum absolute atomic E-state index is 0.0567. The van der Waals surface area contributed by atoms with E-state index in [1.807, 2.05) is 31.2 Å². The van der Waals surface area contributed by atoms with Crippen LogP contribution in [0.25, 0.3) is 0 Å². The van der Waals surface area contributed by atoms with Crippen LogP contribution >= 0.6 is 23.8 Å². The quantitative estimate of drug-likeness (QED) is 0.0718. The Labute approximate surface area is 299 Å². The largest absolute Gasteiger partial charge is 0.462 e. The highest BCUT2D eigenvalue weighted by Crippen LogP contribution is 2.31. The normalized spacial score (nSPS) is 12.0. The van der Waals surface area contributed by atoms with Crippen LogP contribution in [0.3, 0.4) is 0 Å². The first-order valence-corrected chi connectivity index (χ1v) is 18.6. The summed E-state index contributed by atoms with van der Waals surface area (Å²) in [5, 5.41) is 16.8. The van der Waals surface area contributed by atoms with E-state index >= 15 is 0 Å². The molecule has 0 saturated carbocycles. The molecule has 48 heavy (non-hydrogen) atoms. The number of carbonyl (C=O) groups is 2. The van der Waals surface area contributed by atoms with Crippen LogP contribution in [-0.2, 0) is 4.74 Å². The summed E-state index contributed by atoms with van der Waals surface area (Å²) in [5.41, 5.74) is 0.593. The summed E-state index contributed by atoms with van der Waals surface area (Å²) in [4.78, 5) is 30.2. The number of anilines is 3. The van der Waals surface area contributed by atoms with Crippen molar-refractivity contribution in [1.29, 1.82) is 5.26 Å². The number of nitriles is 1. The molecule has 0 heterocycles. The van der Waals surface area contributed by atoms with E-state index < -0.39 is 17.5 Å². The summed E-state index contributed by atoms with van der Waals surface area (Å²) in [5.74, 6) is -0.454. The van der Waals surface area contributed by atoms with E-state index in [-0.39, 0.29) is 4.99 Å². The molecule has 10 heteroatoms. The van der Waals surface area contributed by atoms with Crippen molar-refractivity contribution in [3.05, 3.63) is 53.1 Å². The van der Waals surface area contributed by atoms with Gasteiger partial charge >= 0.3 is 12.0 Å². The van der Waals surface area contributed by atoms with Crippen molar-refractivity contribution >= 4 is 57.9 Å². The second-order valence-electron chi connectivity index (χ2n) is 12.3. The molecule has 0 saturated heterocycles. The number of thiocarbonyl (C=S) groups is 1. The lowest BCUT2D eigenvalue weighted by Gasteiger charge is -2.37. The molecule has 1 unspecified atom stereocenters. The van der Waals surface area contributed by atoms with E-state index in [0.717, 1.165) is 50.9 Å². The zero-order valence-corrected chi connectivity index (χ0v) is 31.3. The molecule has 0 fully saturated rings. The first kappa shape index (κ1) is 40.8.